The van der Waals surface area contributed by atoms with Crippen molar-refractivity contribution in [1.82, 2.24) is 15.1 Å². The van der Waals surface area contributed by atoms with Gasteiger partial charge in [0.05, 0.1) is 12.2 Å². The van der Waals surface area contributed by atoms with Crippen LogP contribution in [0.25, 0.3) is 0 Å². The smallest absolute Gasteiger partial charge is 0.251 e. The number of hydrogen-bond donors (Lipinski definition) is 1. The van der Waals surface area contributed by atoms with Gasteiger partial charge in [-0.1, -0.05) is 0 Å². The van der Waals surface area contributed by atoms with Gasteiger partial charge in [-0.05, 0) is 50.3 Å². The Balaban J connectivity index is 1.57. The molecule has 6 heteroatoms. The summed E-state index contributed by atoms with van der Waals surface area (Å²) < 4.78 is 28.3. The highest BCUT2D eigenvalue weighted by molar-refractivity contribution is 5.94. The number of amides is 1. The molecule has 122 valence electrons. The summed E-state index contributed by atoms with van der Waals surface area (Å²) in [6.45, 7) is 2.01. The normalized spacial score (nSPS) is 21.2. The third-order valence-electron chi connectivity index (χ3n) is 4.26. The molecule has 3 rings (SSSR count). The van der Waals surface area contributed by atoms with Crippen molar-refractivity contribution >= 4 is 5.91 Å². The standard InChI is InChI=1S/C17H19F2N3O/c1-11-9-20-22(10-11)16-4-2-15(3-5-16)21-17(23)12-6-13(18)8-14(19)7-12/h6-10,15-16H,2-5H2,1H3,(H,21,23). The molecule has 4 nitrogen and oxygen atoms in total. The number of rotatable bonds is 3. The second-order valence-corrected chi connectivity index (χ2v) is 6.13. The lowest BCUT2D eigenvalue weighted by molar-refractivity contribution is 0.0920. The van der Waals surface area contributed by atoms with Crippen LogP contribution in [0.15, 0.2) is 30.6 Å². The summed E-state index contributed by atoms with van der Waals surface area (Å²) >= 11 is 0. The molecular weight excluding hydrogens is 300 g/mol. The zero-order valence-corrected chi connectivity index (χ0v) is 12.9. The molecule has 1 N–H and O–H groups in total. The fraction of sp³-hybridized carbons (Fsp3) is 0.412. The molecule has 0 unspecified atom stereocenters. The van der Waals surface area contributed by atoms with E-state index < -0.39 is 17.5 Å². The lowest BCUT2D eigenvalue weighted by atomic mass is 9.91. The molecule has 1 aliphatic carbocycles. The second kappa shape index (κ2) is 6.48. The molecule has 1 aliphatic rings. The predicted molar refractivity (Wildman–Crippen MR) is 82.1 cm³/mol. The van der Waals surface area contributed by atoms with Gasteiger partial charge in [-0.2, -0.15) is 5.10 Å². The summed E-state index contributed by atoms with van der Waals surface area (Å²) in [5, 5.41) is 7.20. The van der Waals surface area contributed by atoms with Crippen molar-refractivity contribution in [3.8, 4) is 0 Å². The van der Waals surface area contributed by atoms with Crippen LogP contribution in [0.3, 0.4) is 0 Å². The van der Waals surface area contributed by atoms with E-state index in [-0.39, 0.29) is 11.6 Å². The van der Waals surface area contributed by atoms with Crippen LogP contribution in [-0.4, -0.2) is 21.7 Å². The maximum absolute atomic E-state index is 13.2. The minimum Gasteiger partial charge on any atom is -0.349 e. The topological polar surface area (TPSA) is 46.9 Å². The van der Waals surface area contributed by atoms with Crippen molar-refractivity contribution in [2.45, 2.75) is 44.7 Å². The molecular formula is C17H19F2N3O. The SMILES string of the molecule is Cc1cnn(C2CCC(NC(=O)c3cc(F)cc(F)c3)CC2)c1. The lowest BCUT2D eigenvalue weighted by Gasteiger charge is -2.29. The monoisotopic (exact) mass is 319 g/mol. The van der Waals surface area contributed by atoms with Gasteiger partial charge in [-0.3, -0.25) is 9.48 Å². The Bertz CT molecular complexity index is 685. The first-order chi connectivity index (χ1) is 11.0. The molecule has 2 aromatic rings. The molecule has 23 heavy (non-hydrogen) atoms. The maximum Gasteiger partial charge on any atom is 0.251 e. The van der Waals surface area contributed by atoms with Gasteiger partial charge >= 0.3 is 0 Å². The molecule has 1 saturated carbocycles. The molecule has 0 bridgehead atoms. The lowest BCUT2D eigenvalue weighted by Crippen LogP contribution is -2.38. The molecule has 1 aromatic carbocycles. The zero-order valence-electron chi connectivity index (χ0n) is 12.9. The van der Waals surface area contributed by atoms with Crippen molar-refractivity contribution in [1.29, 1.82) is 0 Å². The average molecular weight is 319 g/mol. The van der Waals surface area contributed by atoms with Gasteiger partial charge in [0.15, 0.2) is 0 Å². The Morgan fingerprint density at radius 1 is 1.17 bits per heavy atom. The van der Waals surface area contributed by atoms with E-state index >= 15 is 0 Å². The molecule has 0 radical (unpaired) electrons. The van der Waals surface area contributed by atoms with E-state index in [1.165, 1.54) is 0 Å². The number of aryl methyl sites for hydroxylation is 1. The van der Waals surface area contributed by atoms with Gasteiger partial charge in [0.1, 0.15) is 11.6 Å². The summed E-state index contributed by atoms with van der Waals surface area (Å²) in [5.41, 5.74) is 1.15. The molecule has 0 aliphatic heterocycles. The summed E-state index contributed by atoms with van der Waals surface area (Å²) in [6, 6.07) is 3.24. The Morgan fingerprint density at radius 3 is 2.39 bits per heavy atom. The molecule has 0 atom stereocenters. The van der Waals surface area contributed by atoms with E-state index in [1.807, 2.05) is 24.0 Å². The Hall–Kier alpha value is -2.24. The predicted octanol–water partition coefficient (Wildman–Crippen LogP) is 3.38. The minimum atomic E-state index is -0.743. The number of halogens is 2. The number of benzene rings is 1. The van der Waals surface area contributed by atoms with Crippen LogP contribution >= 0.6 is 0 Å². The summed E-state index contributed by atoms with van der Waals surface area (Å²) in [4.78, 5) is 12.1. The van der Waals surface area contributed by atoms with Crippen molar-refractivity contribution in [2.75, 3.05) is 0 Å². The first kappa shape index (κ1) is 15.6. The highest BCUT2D eigenvalue weighted by atomic mass is 19.1. The number of carbonyl (C=O) groups excluding carboxylic acids is 1. The minimum absolute atomic E-state index is 0.0207. The molecule has 0 saturated heterocycles. The average Bonchev–Trinajstić information content (AvgIpc) is 2.93. The summed E-state index contributed by atoms with van der Waals surface area (Å²) in [6.07, 6.45) is 7.36. The third kappa shape index (κ3) is 3.75. The van der Waals surface area contributed by atoms with Gasteiger partial charge in [0, 0.05) is 23.9 Å². The zero-order chi connectivity index (χ0) is 16.4. The van der Waals surface area contributed by atoms with Crippen molar-refractivity contribution in [3.05, 3.63) is 53.4 Å². The molecule has 0 spiro atoms. The van der Waals surface area contributed by atoms with Gasteiger partial charge in [-0.25, -0.2) is 8.78 Å². The van der Waals surface area contributed by atoms with Crippen molar-refractivity contribution in [3.63, 3.8) is 0 Å². The van der Waals surface area contributed by atoms with E-state index in [0.29, 0.717) is 6.04 Å². The summed E-state index contributed by atoms with van der Waals surface area (Å²) in [7, 11) is 0. The van der Waals surface area contributed by atoms with Crippen molar-refractivity contribution in [2.24, 2.45) is 0 Å². The fourth-order valence-corrected chi connectivity index (χ4v) is 3.07. The largest absolute Gasteiger partial charge is 0.349 e. The first-order valence-electron chi connectivity index (χ1n) is 7.79. The molecule has 1 aromatic heterocycles. The highest BCUT2D eigenvalue weighted by Gasteiger charge is 2.24. The van der Waals surface area contributed by atoms with Gasteiger partial charge in [0.25, 0.3) is 5.91 Å². The summed E-state index contributed by atoms with van der Waals surface area (Å²) in [5.74, 6) is -1.91. The van der Waals surface area contributed by atoms with E-state index in [0.717, 1.165) is 49.4 Å². The number of aromatic nitrogens is 2. The Morgan fingerprint density at radius 2 is 1.83 bits per heavy atom. The van der Waals surface area contributed by atoms with E-state index in [1.54, 1.807) is 0 Å². The van der Waals surface area contributed by atoms with Crippen LogP contribution in [0.4, 0.5) is 8.78 Å². The maximum atomic E-state index is 13.2. The first-order valence-corrected chi connectivity index (χ1v) is 7.79. The van der Waals surface area contributed by atoms with Gasteiger partial charge < -0.3 is 5.32 Å². The highest BCUT2D eigenvalue weighted by Crippen LogP contribution is 2.28. The van der Waals surface area contributed by atoms with Gasteiger partial charge in [-0.15, -0.1) is 0 Å². The van der Waals surface area contributed by atoms with Crippen LogP contribution in [0.1, 0.15) is 47.6 Å². The Labute approximate surface area is 133 Å². The quantitative estimate of drug-likeness (QED) is 0.943. The van der Waals surface area contributed by atoms with Crippen LogP contribution in [0.5, 0.6) is 0 Å². The molecule has 1 amide bonds. The van der Waals surface area contributed by atoms with E-state index in [4.69, 9.17) is 0 Å². The second-order valence-electron chi connectivity index (χ2n) is 6.13. The number of hydrogen-bond acceptors (Lipinski definition) is 2. The fourth-order valence-electron chi connectivity index (χ4n) is 3.07. The Kier molecular flexibility index (Phi) is 4.41. The van der Waals surface area contributed by atoms with Crippen LogP contribution in [0, 0.1) is 18.6 Å². The number of nitrogens with one attached hydrogen (secondary N) is 1. The molecule has 1 fully saturated rings. The third-order valence-corrected chi connectivity index (χ3v) is 4.26. The van der Waals surface area contributed by atoms with E-state index in [9.17, 15) is 13.6 Å². The van der Waals surface area contributed by atoms with Crippen LogP contribution < -0.4 is 5.32 Å². The van der Waals surface area contributed by atoms with Crippen LogP contribution in [0.2, 0.25) is 0 Å². The van der Waals surface area contributed by atoms with E-state index in [2.05, 4.69) is 10.4 Å². The van der Waals surface area contributed by atoms with Gasteiger partial charge in [0.2, 0.25) is 0 Å². The number of nitrogens with zero attached hydrogens (tertiary/aromatic N) is 2. The van der Waals surface area contributed by atoms with Crippen molar-refractivity contribution < 1.29 is 13.6 Å². The van der Waals surface area contributed by atoms with Crippen LogP contribution in [-0.2, 0) is 0 Å². The molecule has 1 heterocycles. The number of carbonyl (C=O) groups is 1.